The number of carbonyl (C=O) groups is 1. The number of likely N-dealkylation sites (tertiary alicyclic amines) is 2. The van der Waals surface area contributed by atoms with Gasteiger partial charge in [-0.25, -0.2) is 0 Å². The third kappa shape index (κ3) is 5.86. The third-order valence-corrected chi connectivity index (χ3v) is 7.42. The molecule has 1 atom stereocenters. The largest absolute Gasteiger partial charge is 0.336 e. The fraction of sp³-hybridized carbons (Fsp3) is 0.520. The summed E-state index contributed by atoms with van der Waals surface area (Å²) < 4.78 is 0. The lowest BCUT2D eigenvalue weighted by Gasteiger charge is -2.26. The Bertz CT molecular complexity index is 790. The molecular formula is C25H33N3OS. The van der Waals surface area contributed by atoms with Gasteiger partial charge in [0.2, 0.25) is 0 Å². The van der Waals surface area contributed by atoms with Gasteiger partial charge in [0.05, 0.1) is 0 Å². The summed E-state index contributed by atoms with van der Waals surface area (Å²) in [6.07, 6.45) is 12.0. The Morgan fingerprint density at radius 2 is 1.90 bits per heavy atom. The monoisotopic (exact) mass is 423 g/mol. The molecule has 160 valence electrons. The van der Waals surface area contributed by atoms with Crippen LogP contribution in [-0.4, -0.2) is 58.7 Å². The molecule has 3 heterocycles. The summed E-state index contributed by atoms with van der Waals surface area (Å²) in [6.45, 7) is 4.53. The number of carbonyl (C=O) groups excluding carboxylic acids is 1. The van der Waals surface area contributed by atoms with Crippen molar-refractivity contribution >= 4 is 17.7 Å². The molecule has 0 N–H and O–H groups in total. The minimum atomic E-state index is 0.215. The van der Waals surface area contributed by atoms with Crippen molar-refractivity contribution in [2.75, 3.05) is 31.9 Å². The van der Waals surface area contributed by atoms with Crippen LogP contribution in [0.2, 0.25) is 0 Å². The fourth-order valence-corrected chi connectivity index (χ4v) is 5.47. The maximum Gasteiger partial charge on any atom is 0.254 e. The van der Waals surface area contributed by atoms with Crippen LogP contribution in [0.25, 0.3) is 0 Å². The zero-order valence-corrected chi connectivity index (χ0v) is 18.7. The number of rotatable bonds is 9. The van der Waals surface area contributed by atoms with Crippen LogP contribution >= 0.6 is 11.8 Å². The molecule has 2 fully saturated rings. The Morgan fingerprint density at radius 1 is 1.07 bits per heavy atom. The first-order valence-electron chi connectivity index (χ1n) is 11.4. The first-order chi connectivity index (χ1) is 14.8. The molecular weight excluding hydrogens is 390 g/mol. The molecule has 5 heteroatoms. The average molecular weight is 424 g/mol. The lowest BCUT2D eigenvalue weighted by Crippen LogP contribution is -2.37. The molecule has 0 spiro atoms. The molecule has 2 aliphatic rings. The number of hydrogen-bond acceptors (Lipinski definition) is 4. The van der Waals surface area contributed by atoms with E-state index in [9.17, 15) is 4.79 Å². The topological polar surface area (TPSA) is 36.4 Å². The van der Waals surface area contributed by atoms with Crippen LogP contribution in [-0.2, 0) is 6.42 Å². The van der Waals surface area contributed by atoms with E-state index in [1.165, 1.54) is 36.4 Å². The second-order valence-corrected chi connectivity index (χ2v) is 9.64. The second-order valence-electron chi connectivity index (χ2n) is 8.47. The molecule has 0 radical (unpaired) electrons. The quantitative estimate of drug-likeness (QED) is 0.425. The van der Waals surface area contributed by atoms with Crippen LogP contribution < -0.4 is 0 Å². The summed E-state index contributed by atoms with van der Waals surface area (Å²) >= 11 is 1.86. The second kappa shape index (κ2) is 11.0. The molecule has 2 aliphatic heterocycles. The van der Waals surface area contributed by atoms with Crippen molar-refractivity contribution in [2.24, 2.45) is 0 Å². The Kier molecular flexibility index (Phi) is 7.82. The van der Waals surface area contributed by atoms with E-state index in [0.29, 0.717) is 6.04 Å². The highest BCUT2D eigenvalue weighted by Gasteiger charge is 2.29. The molecule has 0 aliphatic carbocycles. The van der Waals surface area contributed by atoms with Crippen LogP contribution in [0.5, 0.6) is 0 Å². The fourth-order valence-electron chi connectivity index (χ4n) is 4.61. The highest BCUT2D eigenvalue weighted by molar-refractivity contribution is 7.99. The van der Waals surface area contributed by atoms with Gasteiger partial charge < -0.3 is 9.80 Å². The van der Waals surface area contributed by atoms with Crippen LogP contribution in [0.15, 0.2) is 53.7 Å². The molecule has 1 unspecified atom stereocenters. The van der Waals surface area contributed by atoms with Gasteiger partial charge in [-0.05, 0) is 99.7 Å². The first-order valence-corrected chi connectivity index (χ1v) is 12.4. The molecule has 30 heavy (non-hydrogen) atoms. The highest BCUT2D eigenvalue weighted by atomic mass is 32.2. The number of thioether (sulfide) groups is 1. The van der Waals surface area contributed by atoms with Crippen molar-refractivity contribution < 1.29 is 4.79 Å². The number of amides is 1. The number of nitrogens with zero attached hydrogens (tertiary/aromatic N) is 3. The number of benzene rings is 1. The van der Waals surface area contributed by atoms with Gasteiger partial charge in [0.25, 0.3) is 5.91 Å². The van der Waals surface area contributed by atoms with Crippen molar-refractivity contribution in [2.45, 2.75) is 55.9 Å². The van der Waals surface area contributed by atoms with Crippen molar-refractivity contribution in [3.8, 4) is 0 Å². The van der Waals surface area contributed by atoms with Crippen molar-refractivity contribution in [3.05, 3.63) is 59.9 Å². The number of aromatic nitrogens is 1. The van der Waals surface area contributed by atoms with Gasteiger partial charge in [-0.3, -0.25) is 9.78 Å². The standard InChI is InChI=1S/C25H33N3OS/c29-25(28-17-4-8-23(28)13-18-27-15-1-2-16-27)22-9-11-24(12-10-22)30-19-5-7-21-6-3-14-26-20-21/h3,6,9-12,14,20,23H,1-2,4-5,7-8,13,15-19H2. The van der Waals surface area contributed by atoms with Crippen LogP contribution in [0.3, 0.4) is 0 Å². The molecule has 1 aromatic heterocycles. The van der Waals surface area contributed by atoms with Crippen molar-refractivity contribution in [1.29, 1.82) is 0 Å². The Balaban J connectivity index is 1.23. The lowest BCUT2D eigenvalue weighted by atomic mass is 10.1. The lowest BCUT2D eigenvalue weighted by molar-refractivity contribution is 0.0723. The molecule has 2 saturated heterocycles. The number of aryl methyl sites for hydroxylation is 1. The van der Waals surface area contributed by atoms with Crippen LogP contribution in [0, 0.1) is 0 Å². The summed E-state index contributed by atoms with van der Waals surface area (Å²) in [4.78, 5) is 23.2. The van der Waals surface area contributed by atoms with E-state index in [2.05, 4.69) is 33.0 Å². The van der Waals surface area contributed by atoms with Gasteiger partial charge in [0.1, 0.15) is 0 Å². The maximum absolute atomic E-state index is 13.1. The van der Waals surface area contributed by atoms with Gasteiger partial charge in [0.15, 0.2) is 0 Å². The average Bonchev–Trinajstić information content (AvgIpc) is 3.48. The van der Waals surface area contributed by atoms with Crippen LogP contribution in [0.1, 0.15) is 54.4 Å². The Hall–Kier alpha value is -1.85. The van der Waals surface area contributed by atoms with E-state index in [-0.39, 0.29) is 5.91 Å². The summed E-state index contributed by atoms with van der Waals surface area (Å²) in [7, 11) is 0. The van der Waals surface area contributed by atoms with E-state index in [1.807, 2.05) is 42.4 Å². The summed E-state index contributed by atoms with van der Waals surface area (Å²) in [6, 6.07) is 12.8. The minimum absolute atomic E-state index is 0.215. The molecule has 4 nitrogen and oxygen atoms in total. The van der Waals surface area contributed by atoms with E-state index in [4.69, 9.17) is 0 Å². The number of pyridine rings is 1. The predicted molar refractivity (Wildman–Crippen MR) is 124 cm³/mol. The summed E-state index contributed by atoms with van der Waals surface area (Å²) in [5.41, 5.74) is 2.13. The van der Waals surface area contributed by atoms with Gasteiger partial charge in [-0.1, -0.05) is 6.07 Å². The smallest absolute Gasteiger partial charge is 0.254 e. The Morgan fingerprint density at radius 3 is 2.67 bits per heavy atom. The SMILES string of the molecule is O=C(c1ccc(SCCCc2cccnc2)cc1)N1CCCC1CCN1CCCC1. The van der Waals surface area contributed by atoms with Gasteiger partial charge in [-0.2, -0.15) is 0 Å². The van der Waals surface area contributed by atoms with E-state index in [1.54, 1.807) is 0 Å². The van der Waals surface area contributed by atoms with Gasteiger partial charge in [0, 0.05) is 42.0 Å². The van der Waals surface area contributed by atoms with Crippen molar-refractivity contribution in [1.82, 2.24) is 14.8 Å². The van der Waals surface area contributed by atoms with Crippen molar-refractivity contribution in [3.63, 3.8) is 0 Å². The maximum atomic E-state index is 13.1. The first kappa shape index (κ1) is 21.4. The molecule has 0 bridgehead atoms. The zero-order valence-electron chi connectivity index (χ0n) is 17.8. The predicted octanol–water partition coefficient (Wildman–Crippen LogP) is 4.90. The van der Waals surface area contributed by atoms with E-state index < -0.39 is 0 Å². The van der Waals surface area contributed by atoms with E-state index in [0.717, 1.165) is 56.5 Å². The molecule has 1 amide bonds. The molecule has 1 aromatic carbocycles. The van der Waals surface area contributed by atoms with Gasteiger partial charge in [-0.15, -0.1) is 11.8 Å². The highest BCUT2D eigenvalue weighted by Crippen LogP contribution is 2.25. The number of hydrogen-bond donors (Lipinski definition) is 0. The zero-order chi connectivity index (χ0) is 20.6. The summed E-state index contributed by atoms with van der Waals surface area (Å²) in [5.74, 6) is 1.29. The minimum Gasteiger partial charge on any atom is -0.336 e. The van der Waals surface area contributed by atoms with Crippen LogP contribution in [0.4, 0.5) is 0 Å². The Labute approximate surface area is 185 Å². The molecule has 0 saturated carbocycles. The molecule has 2 aromatic rings. The van der Waals surface area contributed by atoms with Gasteiger partial charge >= 0.3 is 0 Å². The van der Waals surface area contributed by atoms with E-state index >= 15 is 0 Å². The normalized spacial score (nSPS) is 19.5. The summed E-state index contributed by atoms with van der Waals surface area (Å²) in [5, 5.41) is 0. The molecule has 4 rings (SSSR count). The third-order valence-electron chi connectivity index (χ3n) is 6.32.